The third kappa shape index (κ3) is 3.88. The van der Waals surface area contributed by atoms with E-state index < -0.39 is 6.03 Å². The van der Waals surface area contributed by atoms with Crippen LogP contribution in [0.2, 0.25) is 0 Å². The Morgan fingerprint density at radius 2 is 1.90 bits per heavy atom. The first-order valence-electron chi connectivity index (χ1n) is 10.5. The van der Waals surface area contributed by atoms with Crippen molar-refractivity contribution in [3.8, 4) is 0 Å². The van der Waals surface area contributed by atoms with Gasteiger partial charge in [0.25, 0.3) is 5.91 Å². The number of aryl methyl sites for hydroxylation is 1. The predicted molar refractivity (Wildman–Crippen MR) is 118 cm³/mol. The van der Waals surface area contributed by atoms with Gasteiger partial charge in [0.15, 0.2) is 0 Å². The number of amides is 4. The molecule has 1 aromatic carbocycles. The summed E-state index contributed by atoms with van der Waals surface area (Å²) in [5.74, 6) is -0.497. The number of hydrazine groups is 1. The quantitative estimate of drug-likeness (QED) is 0.799. The first-order chi connectivity index (χ1) is 15.0. The molecule has 1 N–H and O–H groups in total. The van der Waals surface area contributed by atoms with Gasteiger partial charge >= 0.3 is 6.03 Å². The molecule has 4 amide bonds. The van der Waals surface area contributed by atoms with Crippen LogP contribution in [-0.2, 0) is 17.9 Å². The third-order valence-corrected chi connectivity index (χ3v) is 7.11. The number of carbonyl (C=O) groups excluding carboxylic acids is 3. The zero-order chi connectivity index (χ0) is 21.5. The highest BCUT2D eigenvalue weighted by atomic mass is 32.1. The highest BCUT2D eigenvalue weighted by Crippen LogP contribution is 2.30. The van der Waals surface area contributed by atoms with Crippen molar-refractivity contribution in [1.29, 1.82) is 0 Å². The largest absolute Gasteiger partial charge is 0.342 e. The van der Waals surface area contributed by atoms with Crippen LogP contribution < -0.4 is 5.32 Å². The Labute approximate surface area is 184 Å². The van der Waals surface area contributed by atoms with Crippen LogP contribution in [0.4, 0.5) is 4.79 Å². The summed E-state index contributed by atoms with van der Waals surface area (Å²) >= 11 is 1.85. The number of rotatable bonds is 4. The zero-order valence-electron chi connectivity index (χ0n) is 17.4. The highest BCUT2D eigenvalue weighted by molar-refractivity contribution is 7.13. The second-order valence-electron chi connectivity index (χ2n) is 8.21. The molecular weight excluding hydrogens is 412 g/mol. The lowest BCUT2D eigenvalue weighted by molar-refractivity contribution is -0.123. The molecule has 0 spiro atoms. The van der Waals surface area contributed by atoms with Crippen molar-refractivity contribution in [2.75, 3.05) is 19.6 Å². The number of carbonyl (C=O) groups is 3. The third-order valence-electron chi connectivity index (χ3n) is 6.03. The molecule has 160 valence electrons. The maximum atomic E-state index is 12.8. The summed E-state index contributed by atoms with van der Waals surface area (Å²) in [5.41, 5.74) is 4.15. The van der Waals surface area contributed by atoms with Gasteiger partial charge in [0.1, 0.15) is 0 Å². The minimum Gasteiger partial charge on any atom is -0.295 e. The van der Waals surface area contributed by atoms with Gasteiger partial charge in [-0.2, -0.15) is 0 Å². The van der Waals surface area contributed by atoms with Gasteiger partial charge < -0.3 is 0 Å². The summed E-state index contributed by atoms with van der Waals surface area (Å²) < 4.78 is 0. The van der Waals surface area contributed by atoms with E-state index in [-0.39, 0.29) is 24.8 Å². The predicted octanol–water partition coefficient (Wildman–Crippen LogP) is 3.16. The van der Waals surface area contributed by atoms with Gasteiger partial charge in [0.05, 0.1) is 13.1 Å². The summed E-state index contributed by atoms with van der Waals surface area (Å²) in [5, 5.41) is 5.06. The molecule has 0 aliphatic carbocycles. The smallest absolute Gasteiger partial charge is 0.295 e. The monoisotopic (exact) mass is 436 g/mol. The number of nitrogens with one attached hydrogen (secondary N) is 1. The average Bonchev–Trinajstić information content (AvgIpc) is 3.32. The molecule has 0 atom stereocenters. The molecule has 1 fully saturated rings. The molecule has 2 aromatic rings. The van der Waals surface area contributed by atoms with E-state index in [2.05, 4.69) is 41.4 Å². The minimum absolute atomic E-state index is 0.192. The Hall–Kier alpha value is -2.97. The van der Waals surface area contributed by atoms with E-state index in [9.17, 15) is 14.4 Å². The number of nitrogens with zero attached hydrogens (tertiary/aromatic N) is 3. The van der Waals surface area contributed by atoms with Crippen LogP contribution in [0.5, 0.6) is 0 Å². The van der Waals surface area contributed by atoms with Crippen LogP contribution >= 0.6 is 11.3 Å². The van der Waals surface area contributed by atoms with Gasteiger partial charge in [0, 0.05) is 41.4 Å². The fourth-order valence-electron chi connectivity index (χ4n) is 4.38. The van der Waals surface area contributed by atoms with Gasteiger partial charge in [-0.25, -0.2) is 14.8 Å². The molecule has 1 aromatic heterocycles. The van der Waals surface area contributed by atoms with E-state index >= 15 is 0 Å². The fraction of sp³-hybridized carbons (Fsp3) is 0.348. The number of imide groups is 1. The first kappa shape index (κ1) is 20.0. The molecular formula is C23H24N4O3S. The SMILES string of the molecule is Cc1ccc(C2=CCN(Cc3ccc4c(c3)CN(N3CCC(=O)NC3=O)C4=O)CC2)s1. The number of urea groups is 1. The number of thiophene rings is 1. The maximum absolute atomic E-state index is 12.8. The molecule has 1 saturated heterocycles. The molecule has 31 heavy (non-hydrogen) atoms. The lowest BCUT2D eigenvalue weighted by atomic mass is 10.0. The van der Waals surface area contributed by atoms with Crippen molar-refractivity contribution >= 4 is 34.8 Å². The molecule has 4 heterocycles. The molecule has 0 radical (unpaired) electrons. The normalized spacial score (nSPS) is 19.5. The molecule has 0 unspecified atom stereocenters. The van der Waals surface area contributed by atoms with E-state index in [1.807, 2.05) is 23.5 Å². The van der Waals surface area contributed by atoms with Gasteiger partial charge in [-0.05, 0) is 48.2 Å². The number of hydrogen-bond acceptors (Lipinski definition) is 5. The van der Waals surface area contributed by atoms with Crippen LogP contribution in [0, 0.1) is 6.92 Å². The van der Waals surface area contributed by atoms with Gasteiger partial charge in [-0.1, -0.05) is 18.2 Å². The lowest BCUT2D eigenvalue weighted by Crippen LogP contribution is -2.56. The second kappa shape index (κ2) is 7.94. The Morgan fingerprint density at radius 3 is 2.61 bits per heavy atom. The number of fused-ring (bicyclic) bond motifs is 1. The molecule has 0 saturated carbocycles. The van der Waals surface area contributed by atoms with E-state index in [1.54, 1.807) is 0 Å². The van der Waals surface area contributed by atoms with Crippen LogP contribution in [0.25, 0.3) is 5.57 Å². The van der Waals surface area contributed by atoms with Gasteiger partial charge in [0.2, 0.25) is 5.91 Å². The summed E-state index contributed by atoms with van der Waals surface area (Å²) in [7, 11) is 0. The summed E-state index contributed by atoms with van der Waals surface area (Å²) in [4.78, 5) is 41.5. The van der Waals surface area contributed by atoms with Crippen molar-refractivity contribution in [2.24, 2.45) is 0 Å². The Balaban J connectivity index is 1.25. The van der Waals surface area contributed by atoms with Gasteiger partial charge in [-0.15, -0.1) is 11.3 Å². The fourth-order valence-corrected chi connectivity index (χ4v) is 5.32. The number of benzene rings is 1. The van der Waals surface area contributed by atoms with Crippen molar-refractivity contribution in [3.63, 3.8) is 0 Å². The van der Waals surface area contributed by atoms with E-state index in [4.69, 9.17) is 0 Å². The summed E-state index contributed by atoms with van der Waals surface area (Å²) in [6.07, 6.45) is 3.57. The topological polar surface area (TPSA) is 73.0 Å². The number of hydrogen-bond donors (Lipinski definition) is 1. The maximum Gasteiger partial charge on any atom is 0.342 e. The second-order valence-corrected chi connectivity index (χ2v) is 9.49. The Bertz CT molecular complexity index is 1110. The van der Waals surface area contributed by atoms with Crippen LogP contribution in [0.15, 0.2) is 36.4 Å². The Morgan fingerprint density at radius 1 is 1.03 bits per heavy atom. The summed E-state index contributed by atoms with van der Waals surface area (Å²) in [6.45, 7) is 5.46. The van der Waals surface area contributed by atoms with Crippen molar-refractivity contribution in [1.82, 2.24) is 20.2 Å². The van der Waals surface area contributed by atoms with Crippen molar-refractivity contribution in [2.45, 2.75) is 32.9 Å². The van der Waals surface area contributed by atoms with E-state index in [0.717, 1.165) is 37.2 Å². The standard InChI is InChI=1S/C23H24N4O3S/c1-15-2-5-20(31-15)17-6-9-25(10-7-17)13-16-3-4-19-18(12-16)14-27(22(19)29)26-11-8-21(28)24-23(26)30/h2-6,12H,7-11,13-14H2,1H3,(H,24,28,30). The van der Waals surface area contributed by atoms with Crippen molar-refractivity contribution < 1.29 is 14.4 Å². The molecule has 8 heteroatoms. The van der Waals surface area contributed by atoms with Gasteiger partial charge in [-0.3, -0.25) is 19.8 Å². The van der Waals surface area contributed by atoms with E-state index in [1.165, 1.54) is 25.3 Å². The highest BCUT2D eigenvalue weighted by Gasteiger charge is 2.36. The Kier molecular flexibility index (Phi) is 5.11. The molecule has 0 bridgehead atoms. The summed E-state index contributed by atoms with van der Waals surface area (Å²) in [6, 6.07) is 9.79. The molecule has 3 aliphatic rings. The molecule has 7 nitrogen and oxygen atoms in total. The first-order valence-corrected chi connectivity index (χ1v) is 11.3. The zero-order valence-corrected chi connectivity index (χ0v) is 18.2. The van der Waals surface area contributed by atoms with Crippen LogP contribution in [-0.4, -0.2) is 52.4 Å². The average molecular weight is 437 g/mol. The van der Waals surface area contributed by atoms with Crippen molar-refractivity contribution in [3.05, 3.63) is 62.9 Å². The van der Waals surface area contributed by atoms with Crippen LogP contribution in [0.1, 0.15) is 44.1 Å². The lowest BCUT2D eigenvalue weighted by Gasteiger charge is -2.33. The minimum atomic E-state index is -0.533. The molecule has 5 rings (SSSR count). The van der Waals surface area contributed by atoms with E-state index in [0.29, 0.717) is 12.1 Å². The molecule has 3 aliphatic heterocycles. The van der Waals surface area contributed by atoms with Crippen LogP contribution in [0.3, 0.4) is 0 Å².